The standard InChI is InChI=1S/C13H13NOS/c1-10-14-9-13(16-10)12(15)8-7-11-5-3-2-4-6-11/h2-6,9H,7-8H2,1H3. The summed E-state index contributed by atoms with van der Waals surface area (Å²) in [5, 5.41) is 0.947. The Balaban J connectivity index is 1.94. The van der Waals surface area contributed by atoms with E-state index in [1.165, 1.54) is 16.9 Å². The first-order valence-corrected chi connectivity index (χ1v) is 6.07. The van der Waals surface area contributed by atoms with E-state index in [-0.39, 0.29) is 5.78 Å². The number of nitrogens with zero attached hydrogens (tertiary/aromatic N) is 1. The van der Waals surface area contributed by atoms with Crippen molar-refractivity contribution in [1.82, 2.24) is 4.98 Å². The van der Waals surface area contributed by atoms with Gasteiger partial charge in [-0.3, -0.25) is 4.79 Å². The molecule has 0 fully saturated rings. The molecule has 0 bridgehead atoms. The zero-order chi connectivity index (χ0) is 11.4. The van der Waals surface area contributed by atoms with Crippen LogP contribution in [0.5, 0.6) is 0 Å². The van der Waals surface area contributed by atoms with Crippen molar-refractivity contribution in [1.29, 1.82) is 0 Å². The number of ketones is 1. The zero-order valence-electron chi connectivity index (χ0n) is 9.14. The summed E-state index contributed by atoms with van der Waals surface area (Å²) in [6.07, 6.45) is 3.04. The van der Waals surface area contributed by atoms with E-state index in [9.17, 15) is 4.79 Å². The third-order valence-corrected chi connectivity index (χ3v) is 3.33. The van der Waals surface area contributed by atoms with Crippen LogP contribution in [0.2, 0.25) is 0 Å². The van der Waals surface area contributed by atoms with Crippen molar-refractivity contribution in [2.24, 2.45) is 0 Å². The molecule has 0 saturated carbocycles. The van der Waals surface area contributed by atoms with Crippen molar-refractivity contribution in [2.45, 2.75) is 19.8 Å². The van der Waals surface area contributed by atoms with Gasteiger partial charge in [0.25, 0.3) is 0 Å². The summed E-state index contributed by atoms with van der Waals surface area (Å²) in [5.41, 5.74) is 1.21. The topological polar surface area (TPSA) is 30.0 Å². The van der Waals surface area contributed by atoms with Crippen LogP contribution in [0.3, 0.4) is 0 Å². The number of hydrogen-bond donors (Lipinski definition) is 0. The molecule has 0 amide bonds. The van der Waals surface area contributed by atoms with Gasteiger partial charge in [-0.15, -0.1) is 11.3 Å². The molecule has 0 unspecified atom stereocenters. The smallest absolute Gasteiger partial charge is 0.174 e. The van der Waals surface area contributed by atoms with Gasteiger partial charge in [-0.2, -0.15) is 0 Å². The number of hydrogen-bond acceptors (Lipinski definition) is 3. The van der Waals surface area contributed by atoms with Crippen molar-refractivity contribution in [3.05, 3.63) is 52.0 Å². The minimum Gasteiger partial charge on any atom is -0.293 e. The number of aryl methyl sites for hydroxylation is 2. The molecule has 3 heteroatoms. The Labute approximate surface area is 99.0 Å². The number of aromatic nitrogens is 1. The lowest BCUT2D eigenvalue weighted by atomic mass is 10.1. The fourth-order valence-electron chi connectivity index (χ4n) is 1.52. The number of Topliss-reactive ketones (excluding diaryl/α,β-unsaturated/α-hetero) is 1. The molecule has 82 valence electrons. The summed E-state index contributed by atoms with van der Waals surface area (Å²) in [6.45, 7) is 1.92. The van der Waals surface area contributed by atoms with E-state index in [2.05, 4.69) is 4.98 Å². The molecule has 2 rings (SSSR count). The van der Waals surface area contributed by atoms with Crippen LogP contribution in [0.4, 0.5) is 0 Å². The highest BCUT2D eigenvalue weighted by atomic mass is 32.1. The molecule has 2 aromatic rings. The van der Waals surface area contributed by atoms with Gasteiger partial charge in [-0.1, -0.05) is 30.3 Å². The minimum absolute atomic E-state index is 0.189. The largest absolute Gasteiger partial charge is 0.293 e. The predicted octanol–water partition coefficient (Wildman–Crippen LogP) is 3.27. The third kappa shape index (κ3) is 2.76. The maximum atomic E-state index is 11.8. The Morgan fingerprint density at radius 2 is 2.06 bits per heavy atom. The second-order valence-electron chi connectivity index (χ2n) is 3.65. The van der Waals surface area contributed by atoms with Gasteiger partial charge in [-0.05, 0) is 18.9 Å². The fraction of sp³-hybridized carbons (Fsp3) is 0.231. The van der Waals surface area contributed by atoms with Crippen LogP contribution in [0.15, 0.2) is 36.5 Å². The average Bonchev–Trinajstić information content (AvgIpc) is 2.74. The van der Waals surface area contributed by atoms with Crippen molar-refractivity contribution < 1.29 is 4.79 Å². The molecule has 0 spiro atoms. The third-order valence-electron chi connectivity index (χ3n) is 2.38. The molecular weight excluding hydrogens is 218 g/mol. The number of carbonyl (C=O) groups excluding carboxylic acids is 1. The molecule has 0 N–H and O–H groups in total. The lowest BCUT2D eigenvalue weighted by Gasteiger charge is -1.98. The fourth-order valence-corrected chi connectivity index (χ4v) is 2.26. The summed E-state index contributed by atoms with van der Waals surface area (Å²) in [4.78, 5) is 16.7. The molecule has 0 aliphatic rings. The zero-order valence-corrected chi connectivity index (χ0v) is 9.96. The van der Waals surface area contributed by atoms with Crippen LogP contribution in [0.25, 0.3) is 0 Å². The number of carbonyl (C=O) groups is 1. The average molecular weight is 231 g/mol. The lowest BCUT2D eigenvalue weighted by molar-refractivity contribution is 0.0986. The molecule has 2 nitrogen and oxygen atoms in total. The summed E-state index contributed by atoms with van der Waals surface area (Å²) in [5.74, 6) is 0.189. The van der Waals surface area contributed by atoms with Gasteiger partial charge in [0.1, 0.15) is 0 Å². The SMILES string of the molecule is Cc1ncc(C(=O)CCc2ccccc2)s1. The van der Waals surface area contributed by atoms with Gasteiger partial charge >= 0.3 is 0 Å². The first-order valence-electron chi connectivity index (χ1n) is 5.25. The van der Waals surface area contributed by atoms with E-state index in [1.807, 2.05) is 37.3 Å². The summed E-state index contributed by atoms with van der Waals surface area (Å²) in [6, 6.07) is 10.1. The Bertz CT molecular complexity index is 476. The van der Waals surface area contributed by atoms with Crippen LogP contribution in [-0.4, -0.2) is 10.8 Å². The van der Waals surface area contributed by atoms with Gasteiger partial charge in [0, 0.05) is 12.6 Å². The van der Waals surface area contributed by atoms with E-state index in [1.54, 1.807) is 6.20 Å². The number of thiazole rings is 1. The van der Waals surface area contributed by atoms with Gasteiger partial charge in [-0.25, -0.2) is 4.98 Å². The minimum atomic E-state index is 0.189. The first-order chi connectivity index (χ1) is 7.75. The highest BCUT2D eigenvalue weighted by molar-refractivity contribution is 7.13. The Morgan fingerprint density at radius 1 is 1.31 bits per heavy atom. The summed E-state index contributed by atoms with van der Waals surface area (Å²) < 4.78 is 0. The molecule has 1 aromatic heterocycles. The van der Waals surface area contributed by atoms with Crippen LogP contribution in [0, 0.1) is 6.92 Å². The maximum absolute atomic E-state index is 11.8. The van der Waals surface area contributed by atoms with E-state index in [0.717, 1.165) is 16.3 Å². The normalized spacial score (nSPS) is 10.3. The Hall–Kier alpha value is -1.48. The number of benzene rings is 1. The summed E-state index contributed by atoms with van der Waals surface area (Å²) >= 11 is 1.47. The second kappa shape index (κ2) is 5.03. The molecule has 0 aliphatic carbocycles. The van der Waals surface area contributed by atoms with Crippen LogP contribution in [0.1, 0.15) is 26.7 Å². The quantitative estimate of drug-likeness (QED) is 0.756. The van der Waals surface area contributed by atoms with Crippen molar-refractivity contribution in [2.75, 3.05) is 0 Å². The lowest BCUT2D eigenvalue weighted by Crippen LogP contribution is -1.98. The molecule has 0 atom stereocenters. The second-order valence-corrected chi connectivity index (χ2v) is 4.89. The van der Waals surface area contributed by atoms with E-state index < -0.39 is 0 Å². The maximum Gasteiger partial charge on any atom is 0.174 e. The molecule has 0 aliphatic heterocycles. The monoisotopic (exact) mass is 231 g/mol. The molecule has 0 saturated heterocycles. The molecular formula is C13H13NOS. The van der Waals surface area contributed by atoms with Crippen LogP contribution in [-0.2, 0) is 6.42 Å². The van der Waals surface area contributed by atoms with Gasteiger partial charge < -0.3 is 0 Å². The first kappa shape index (κ1) is 11.0. The Morgan fingerprint density at radius 3 is 2.69 bits per heavy atom. The Kier molecular flexibility index (Phi) is 3.47. The summed E-state index contributed by atoms with van der Waals surface area (Å²) in [7, 11) is 0. The van der Waals surface area contributed by atoms with E-state index >= 15 is 0 Å². The highest BCUT2D eigenvalue weighted by Gasteiger charge is 2.08. The van der Waals surface area contributed by atoms with Crippen molar-refractivity contribution >= 4 is 17.1 Å². The molecule has 0 radical (unpaired) electrons. The van der Waals surface area contributed by atoms with Crippen molar-refractivity contribution in [3.8, 4) is 0 Å². The molecule has 16 heavy (non-hydrogen) atoms. The molecule has 1 aromatic carbocycles. The van der Waals surface area contributed by atoms with Gasteiger partial charge in [0.05, 0.1) is 9.88 Å². The highest BCUT2D eigenvalue weighted by Crippen LogP contribution is 2.15. The van der Waals surface area contributed by atoms with E-state index in [4.69, 9.17) is 0 Å². The van der Waals surface area contributed by atoms with Crippen molar-refractivity contribution in [3.63, 3.8) is 0 Å². The van der Waals surface area contributed by atoms with Crippen LogP contribution >= 0.6 is 11.3 Å². The number of rotatable bonds is 4. The van der Waals surface area contributed by atoms with Gasteiger partial charge in [0.15, 0.2) is 5.78 Å². The predicted molar refractivity (Wildman–Crippen MR) is 65.9 cm³/mol. The molecule has 1 heterocycles. The van der Waals surface area contributed by atoms with E-state index in [0.29, 0.717) is 6.42 Å². The van der Waals surface area contributed by atoms with Gasteiger partial charge in [0.2, 0.25) is 0 Å². The van der Waals surface area contributed by atoms with Crippen LogP contribution < -0.4 is 0 Å².